The molecule has 1 N–H and O–H groups in total. The normalized spacial score (nSPS) is 20.5. The zero-order chi connectivity index (χ0) is 13.2. The Labute approximate surface area is 114 Å². The predicted octanol–water partition coefficient (Wildman–Crippen LogP) is 1.46. The molecule has 1 saturated carbocycles. The molecule has 2 heterocycles. The molecule has 2 aliphatic rings. The smallest absolute Gasteiger partial charge is 0.245 e. The molecule has 0 unspecified atom stereocenters. The summed E-state index contributed by atoms with van der Waals surface area (Å²) in [7, 11) is 0. The molecule has 5 nitrogen and oxygen atoms in total. The minimum absolute atomic E-state index is 0.652. The lowest BCUT2D eigenvalue weighted by Gasteiger charge is -2.30. The second-order valence-electron chi connectivity index (χ2n) is 5.86. The van der Waals surface area contributed by atoms with E-state index in [0.29, 0.717) is 6.04 Å². The van der Waals surface area contributed by atoms with Crippen LogP contribution in [0.2, 0.25) is 0 Å². The first-order chi connectivity index (χ1) is 9.24. The van der Waals surface area contributed by atoms with Crippen LogP contribution in [0.25, 0.3) is 0 Å². The van der Waals surface area contributed by atoms with Gasteiger partial charge < -0.3 is 10.2 Å². The van der Waals surface area contributed by atoms with Crippen molar-refractivity contribution >= 4 is 5.95 Å². The fraction of sp³-hybridized carbons (Fsp3) is 0.786. The average molecular weight is 261 g/mol. The standard InChI is InChI=1S/C14H23N5/c1-10-11(2)17-18-14(16-10)19(13-3-4-13)9-12-5-7-15-8-6-12/h12-13,15H,3-9H2,1-2H3. The van der Waals surface area contributed by atoms with Crippen molar-refractivity contribution in [2.75, 3.05) is 24.5 Å². The molecule has 19 heavy (non-hydrogen) atoms. The Morgan fingerprint density at radius 3 is 2.42 bits per heavy atom. The maximum atomic E-state index is 4.64. The quantitative estimate of drug-likeness (QED) is 0.889. The zero-order valence-corrected chi connectivity index (χ0v) is 11.9. The lowest BCUT2D eigenvalue weighted by atomic mass is 9.97. The summed E-state index contributed by atoms with van der Waals surface area (Å²) in [6.45, 7) is 7.37. The van der Waals surface area contributed by atoms with Gasteiger partial charge in [0.05, 0.1) is 11.4 Å². The minimum atomic E-state index is 0.652. The summed E-state index contributed by atoms with van der Waals surface area (Å²) in [5.74, 6) is 1.61. The number of piperidine rings is 1. The molecule has 3 rings (SSSR count). The van der Waals surface area contributed by atoms with Gasteiger partial charge in [-0.3, -0.25) is 0 Å². The second kappa shape index (κ2) is 5.41. The molecule has 5 heteroatoms. The van der Waals surface area contributed by atoms with Crippen LogP contribution in [-0.4, -0.2) is 40.9 Å². The highest BCUT2D eigenvalue weighted by Crippen LogP contribution is 2.31. The van der Waals surface area contributed by atoms with Crippen molar-refractivity contribution < 1.29 is 0 Å². The Morgan fingerprint density at radius 2 is 1.79 bits per heavy atom. The maximum Gasteiger partial charge on any atom is 0.245 e. The maximum absolute atomic E-state index is 4.64. The van der Waals surface area contributed by atoms with E-state index in [2.05, 4.69) is 25.4 Å². The van der Waals surface area contributed by atoms with Crippen molar-refractivity contribution in [1.82, 2.24) is 20.5 Å². The van der Waals surface area contributed by atoms with Gasteiger partial charge in [-0.05, 0) is 58.5 Å². The van der Waals surface area contributed by atoms with Crippen LogP contribution in [0.4, 0.5) is 5.95 Å². The number of aryl methyl sites for hydroxylation is 2. The van der Waals surface area contributed by atoms with Crippen LogP contribution in [0.1, 0.15) is 37.1 Å². The monoisotopic (exact) mass is 261 g/mol. The fourth-order valence-electron chi connectivity index (χ4n) is 2.69. The minimum Gasteiger partial charge on any atom is -0.336 e. The molecule has 0 radical (unpaired) electrons. The van der Waals surface area contributed by atoms with E-state index in [1.165, 1.54) is 25.7 Å². The van der Waals surface area contributed by atoms with E-state index in [1.807, 2.05) is 13.8 Å². The number of anilines is 1. The zero-order valence-electron chi connectivity index (χ0n) is 11.9. The predicted molar refractivity (Wildman–Crippen MR) is 75.3 cm³/mol. The van der Waals surface area contributed by atoms with Gasteiger partial charge in [-0.1, -0.05) is 0 Å². The van der Waals surface area contributed by atoms with Crippen LogP contribution >= 0.6 is 0 Å². The van der Waals surface area contributed by atoms with Crippen molar-refractivity contribution in [3.63, 3.8) is 0 Å². The number of nitrogens with zero attached hydrogens (tertiary/aromatic N) is 4. The number of rotatable bonds is 4. The molecule has 1 aliphatic carbocycles. The first-order valence-electron chi connectivity index (χ1n) is 7.39. The van der Waals surface area contributed by atoms with Crippen LogP contribution in [0.5, 0.6) is 0 Å². The third kappa shape index (κ3) is 3.03. The van der Waals surface area contributed by atoms with Crippen molar-refractivity contribution in [1.29, 1.82) is 0 Å². The average Bonchev–Trinajstić information content (AvgIpc) is 3.25. The van der Waals surface area contributed by atoms with E-state index in [1.54, 1.807) is 0 Å². The van der Waals surface area contributed by atoms with E-state index in [4.69, 9.17) is 0 Å². The molecular weight excluding hydrogens is 238 g/mol. The largest absolute Gasteiger partial charge is 0.336 e. The molecule has 1 aromatic rings. The van der Waals surface area contributed by atoms with Crippen molar-refractivity contribution in [3.8, 4) is 0 Å². The van der Waals surface area contributed by atoms with Crippen LogP contribution in [0.3, 0.4) is 0 Å². The highest BCUT2D eigenvalue weighted by atomic mass is 15.3. The SMILES string of the molecule is Cc1nnc(N(CC2CCNCC2)C2CC2)nc1C. The summed E-state index contributed by atoms with van der Waals surface area (Å²) >= 11 is 0. The number of hydrogen-bond acceptors (Lipinski definition) is 5. The van der Waals surface area contributed by atoms with E-state index in [0.717, 1.165) is 42.9 Å². The molecule has 0 atom stereocenters. The molecule has 0 aromatic carbocycles. The lowest BCUT2D eigenvalue weighted by molar-refractivity contribution is 0.371. The van der Waals surface area contributed by atoms with Crippen molar-refractivity contribution in [3.05, 3.63) is 11.4 Å². The summed E-state index contributed by atoms with van der Waals surface area (Å²) in [6, 6.07) is 0.652. The summed E-state index contributed by atoms with van der Waals surface area (Å²) in [5, 5.41) is 12.0. The molecule has 0 spiro atoms. The van der Waals surface area contributed by atoms with Gasteiger partial charge >= 0.3 is 0 Å². The van der Waals surface area contributed by atoms with Gasteiger partial charge in [0.15, 0.2) is 0 Å². The summed E-state index contributed by atoms with van der Waals surface area (Å²) < 4.78 is 0. The number of nitrogens with one attached hydrogen (secondary N) is 1. The Kier molecular flexibility index (Phi) is 3.64. The van der Waals surface area contributed by atoms with E-state index in [-0.39, 0.29) is 0 Å². The summed E-state index contributed by atoms with van der Waals surface area (Å²) in [6.07, 6.45) is 5.09. The first kappa shape index (κ1) is 12.8. The third-order valence-corrected chi connectivity index (χ3v) is 4.24. The Hall–Kier alpha value is -1.23. The Balaban J connectivity index is 1.74. The van der Waals surface area contributed by atoms with Gasteiger partial charge in [0.25, 0.3) is 0 Å². The van der Waals surface area contributed by atoms with Crippen LogP contribution < -0.4 is 10.2 Å². The molecule has 1 aliphatic heterocycles. The molecule has 2 fully saturated rings. The van der Waals surface area contributed by atoms with Crippen molar-refractivity contribution in [2.24, 2.45) is 5.92 Å². The fourth-order valence-corrected chi connectivity index (χ4v) is 2.69. The molecular formula is C14H23N5. The molecule has 0 amide bonds. The van der Waals surface area contributed by atoms with Gasteiger partial charge in [0, 0.05) is 12.6 Å². The van der Waals surface area contributed by atoms with Gasteiger partial charge in [-0.25, -0.2) is 4.98 Å². The molecule has 0 bridgehead atoms. The number of hydrogen-bond donors (Lipinski definition) is 1. The van der Waals surface area contributed by atoms with E-state index in [9.17, 15) is 0 Å². The molecule has 1 aromatic heterocycles. The van der Waals surface area contributed by atoms with Gasteiger partial charge in [0.2, 0.25) is 5.95 Å². The van der Waals surface area contributed by atoms with Crippen LogP contribution in [0, 0.1) is 19.8 Å². The van der Waals surface area contributed by atoms with Crippen LogP contribution in [0.15, 0.2) is 0 Å². The topological polar surface area (TPSA) is 53.9 Å². The van der Waals surface area contributed by atoms with Crippen LogP contribution in [-0.2, 0) is 0 Å². The molecule has 104 valence electrons. The van der Waals surface area contributed by atoms with E-state index < -0.39 is 0 Å². The Morgan fingerprint density at radius 1 is 1.05 bits per heavy atom. The highest BCUT2D eigenvalue weighted by molar-refractivity contribution is 5.34. The lowest BCUT2D eigenvalue weighted by Crippen LogP contribution is -2.38. The highest BCUT2D eigenvalue weighted by Gasteiger charge is 2.33. The first-order valence-corrected chi connectivity index (χ1v) is 7.39. The van der Waals surface area contributed by atoms with E-state index >= 15 is 0 Å². The number of aromatic nitrogens is 3. The van der Waals surface area contributed by atoms with Gasteiger partial charge in [-0.15, -0.1) is 5.10 Å². The Bertz CT molecular complexity index is 437. The van der Waals surface area contributed by atoms with Gasteiger partial charge in [0.1, 0.15) is 0 Å². The summed E-state index contributed by atoms with van der Waals surface area (Å²) in [5.41, 5.74) is 1.93. The second-order valence-corrected chi connectivity index (χ2v) is 5.86. The van der Waals surface area contributed by atoms with Gasteiger partial charge in [-0.2, -0.15) is 5.10 Å². The third-order valence-electron chi connectivity index (χ3n) is 4.24. The molecule has 1 saturated heterocycles. The summed E-state index contributed by atoms with van der Waals surface area (Å²) in [4.78, 5) is 7.03. The van der Waals surface area contributed by atoms with Crippen molar-refractivity contribution in [2.45, 2.75) is 45.6 Å².